The highest BCUT2D eigenvalue weighted by molar-refractivity contribution is 5.35. The van der Waals surface area contributed by atoms with E-state index in [0.717, 1.165) is 25.2 Å². The maximum Gasteiger partial charge on any atom is 0.148 e. The van der Waals surface area contributed by atoms with Gasteiger partial charge in [-0.3, -0.25) is 5.10 Å². The molecule has 13 heavy (non-hydrogen) atoms. The Morgan fingerprint density at radius 1 is 1.38 bits per heavy atom. The van der Waals surface area contributed by atoms with Crippen molar-refractivity contribution in [3.05, 3.63) is 11.8 Å². The van der Waals surface area contributed by atoms with Gasteiger partial charge in [0.2, 0.25) is 0 Å². The molecule has 0 fully saturated rings. The van der Waals surface area contributed by atoms with Crippen LogP contribution in [0.25, 0.3) is 0 Å². The number of unbranched alkanes of at least 4 members (excludes halogenated alkanes) is 1. The van der Waals surface area contributed by atoms with Crippen molar-refractivity contribution in [3.63, 3.8) is 0 Å². The zero-order chi connectivity index (χ0) is 9.52. The second kappa shape index (κ2) is 5.62. The van der Waals surface area contributed by atoms with Crippen molar-refractivity contribution in [1.82, 2.24) is 10.2 Å². The number of H-pyrrole nitrogens is 1. The number of aryl methyl sites for hydroxylation is 1. The first-order valence-electron chi connectivity index (χ1n) is 5.15. The number of nitrogens with one attached hydrogen (secondary N) is 2. The smallest absolute Gasteiger partial charge is 0.148 e. The summed E-state index contributed by atoms with van der Waals surface area (Å²) in [4.78, 5) is 0. The van der Waals surface area contributed by atoms with E-state index >= 15 is 0 Å². The molecule has 0 aromatic carbocycles. The lowest BCUT2D eigenvalue weighted by Gasteiger charge is -1.98. The molecule has 2 N–H and O–H groups in total. The van der Waals surface area contributed by atoms with Crippen molar-refractivity contribution in [3.8, 4) is 0 Å². The quantitative estimate of drug-likeness (QED) is 0.662. The van der Waals surface area contributed by atoms with E-state index in [4.69, 9.17) is 0 Å². The molecule has 1 rings (SSSR count). The van der Waals surface area contributed by atoms with Crippen LogP contribution in [0.3, 0.4) is 0 Å². The average Bonchev–Trinajstić information content (AvgIpc) is 2.54. The molecule has 3 nitrogen and oxygen atoms in total. The molecule has 0 saturated carbocycles. The summed E-state index contributed by atoms with van der Waals surface area (Å²) in [7, 11) is 0. The van der Waals surface area contributed by atoms with E-state index in [2.05, 4.69) is 35.4 Å². The first kappa shape index (κ1) is 10.1. The van der Waals surface area contributed by atoms with Gasteiger partial charge in [-0.05, 0) is 12.8 Å². The molecule has 0 saturated heterocycles. The van der Waals surface area contributed by atoms with Gasteiger partial charge >= 0.3 is 0 Å². The van der Waals surface area contributed by atoms with Gasteiger partial charge in [0.05, 0.1) is 0 Å². The van der Waals surface area contributed by atoms with Gasteiger partial charge < -0.3 is 5.32 Å². The third kappa shape index (κ3) is 3.49. The van der Waals surface area contributed by atoms with Gasteiger partial charge in [-0.1, -0.05) is 26.7 Å². The number of anilines is 1. The van der Waals surface area contributed by atoms with Crippen molar-refractivity contribution >= 4 is 5.82 Å². The molecule has 1 heterocycles. The molecule has 0 atom stereocenters. The Bertz CT molecular complexity index is 230. The fourth-order valence-electron chi connectivity index (χ4n) is 1.24. The van der Waals surface area contributed by atoms with E-state index in [0.29, 0.717) is 0 Å². The Kier molecular flexibility index (Phi) is 4.36. The van der Waals surface area contributed by atoms with Crippen LogP contribution in [0.5, 0.6) is 0 Å². The van der Waals surface area contributed by atoms with Crippen LogP contribution in [0.1, 0.15) is 38.8 Å². The van der Waals surface area contributed by atoms with Crippen LogP contribution in [0.15, 0.2) is 6.07 Å². The highest BCUT2D eigenvalue weighted by Crippen LogP contribution is 2.07. The first-order valence-corrected chi connectivity index (χ1v) is 5.15. The first-order chi connectivity index (χ1) is 6.36. The van der Waals surface area contributed by atoms with E-state index in [-0.39, 0.29) is 0 Å². The molecule has 0 spiro atoms. The highest BCUT2D eigenvalue weighted by Gasteiger charge is 1.98. The average molecular weight is 181 g/mol. The highest BCUT2D eigenvalue weighted by atomic mass is 15.2. The van der Waals surface area contributed by atoms with Crippen LogP contribution >= 0.6 is 0 Å². The zero-order valence-corrected chi connectivity index (χ0v) is 8.56. The summed E-state index contributed by atoms with van der Waals surface area (Å²) in [5, 5.41) is 10.5. The standard InChI is InChI=1S/C10H19N3/c1-3-5-7-11-10-8-9(6-4-2)12-13-10/h8H,3-7H2,1-2H3,(H2,11,12,13). The van der Waals surface area contributed by atoms with E-state index in [9.17, 15) is 0 Å². The predicted molar refractivity (Wildman–Crippen MR) is 56.0 cm³/mol. The third-order valence-electron chi connectivity index (χ3n) is 1.99. The van der Waals surface area contributed by atoms with Crippen molar-refractivity contribution in [2.45, 2.75) is 39.5 Å². The predicted octanol–water partition coefficient (Wildman–Crippen LogP) is 2.57. The Hall–Kier alpha value is -0.990. The molecular weight excluding hydrogens is 162 g/mol. The third-order valence-corrected chi connectivity index (χ3v) is 1.99. The maximum absolute atomic E-state index is 4.17. The van der Waals surface area contributed by atoms with E-state index in [1.807, 2.05) is 0 Å². The number of hydrogen-bond acceptors (Lipinski definition) is 2. The van der Waals surface area contributed by atoms with Crippen LogP contribution in [-0.2, 0) is 6.42 Å². The van der Waals surface area contributed by atoms with Crippen LogP contribution in [0.4, 0.5) is 5.82 Å². The number of rotatable bonds is 6. The van der Waals surface area contributed by atoms with Crippen molar-refractivity contribution in [2.24, 2.45) is 0 Å². The molecule has 3 heteroatoms. The number of nitrogens with zero attached hydrogens (tertiary/aromatic N) is 1. The lowest BCUT2D eigenvalue weighted by molar-refractivity contribution is 0.829. The minimum atomic E-state index is 0.983. The summed E-state index contributed by atoms with van der Waals surface area (Å²) in [6, 6.07) is 2.10. The van der Waals surface area contributed by atoms with E-state index in [1.54, 1.807) is 0 Å². The summed E-state index contributed by atoms with van der Waals surface area (Å²) in [5.74, 6) is 0.983. The normalized spacial score (nSPS) is 10.3. The topological polar surface area (TPSA) is 40.7 Å². The summed E-state index contributed by atoms with van der Waals surface area (Å²) in [5.41, 5.74) is 1.22. The second-order valence-electron chi connectivity index (χ2n) is 3.31. The fraction of sp³-hybridized carbons (Fsp3) is 0.700. The van der Waals surface area contributed by atoms with Crippen LogP contribution < -0.4 is 5.32 Å². The Labute approximate surface area is 79.9 Å². The molecule has 0 unspecified atom stereocenters. The van der Waals surface area contributed by atoms with E-state index < -0.39 is 0 Å². The molecule has 1 aromatic rings. The molecule has 0 aliphatic rings. The Balaban J connectivity index is 2.31. The number of aromatic nitrogens is 2. The Morgan fingerprint density at radius 2 is 2.23 bits per heavy atom. The number of aromatic amines is 1. The van der Waals surface area contributed by atoms with Crippen molar-refractivity contribution in [1.29, 1.82) is 0 Å². The van der Waals surface area contributed by atoms with Gasteiger partial charge in [0.1, 0.15) is 5.82 Å². The van der Waals surface area contributed by atoms with Gasteiger partial charge in [-0.2, -0.15) is 5.10 Å². The monoisotopic (exact) mass is 181 g/mol. The van der Waals surface area contributed by atoms with Gasteiger partial charge in [0, 0.05) is 18.3 Å². The molecule has 1 aromatic heterocycles. The summed E-state index contributed by atoms with van der Waals surface area (Å²) >= 11 is 0. The molecule has 0 aliphatic carbocycles. The van der Waals surface area contributed by atoms with E-state index in [1.165, 1.54) is 18.5 Å². The van der Waals surface area contributed by atoms with Gasteiger partial charge in [0.25, 0.3) is 0 Å². The molecule has 74 valence electrons. The van der Waals surface area contributed by atoms with Crippen LogP contribution in [-0.4, -0.2) is 16.7 Å². The number of hydrogen-bond donors (Lipinski definition) is 2. The van der Waals surface area contributed by atoms with Crippen LogP contribution in [0, 0.1) is 0 Å². The van der Waals surface area contributed by atoms with Crippen molar-refractivity contribution in [2.75, 3.05) is 11.9 Å². The van der Waals surface area contributed by atoms with Crippen LogP contribution in [0.2, 0.25) is 0 Å². The molecule has 0 amide bonds. The maximum atomic E-state index is 4.17. The minimum Gasteiger partial charge on any atom is -0.369 e. The molecular formula is C10H19N3. The zero-order valence-electron chi connectivity index (χ0n) is 8.56. The summed E-state index contributed by atoms with van der Waals surface area (Å²) in [6.45, 7) is 5.38. The molecule has 0 aliphatic heterocycles. The van der Waals surface area contributed by atoms with Gasteiger partial charge in [-0.15, -0.1) is 0 Å². The fourth-order valence-corrected chi connectivity index (χ4v) is 1.24. The van der Waals surface area contributed by atoms with Gasteiger partial charge in [-0.25, -0.2) is 0 Å². The van der Waals surface area contributed by atoms with Crippen molar-refractivity contribution < 1.29 is 0 Å². The lowest BCUT2D eigenvalue weighted by atomic mass is 10.2. The minimum absolute atomic E-state index is 0.983. The largest absolute Gasteiger partial charge is 0.369 e. The second-order valence-corrected chi connectivity index (χ2v) is 3.31. The lowest BCUT2D eigenvalue weighted by Crippen LogP contribution is -2.00. The molecule has 0 radical (unpaired) electrons. The Morgan fingerprint density at radius 3 is 2.92 bits per heavy atom. The SMILES string of the molecule is CCCCNc1cc(CCC)[nH]n1. The summed E-state index contributed by atoms with van der Waals surface area (Å²) < 4.78 is 0. The molecule has 0 bridgehead atoms. The van der Waals surface area contributed by atoms with Gasteiger partial charge in [0.15, 0.2) is 0 Å². The summed E-state index contributed by atoms with van der Waals surface area (Å²) in [6.07, 6.45) is 4.67.